The van der Waals surface area contributed by atoms with Gasteiger partial charge in [0.2, 0.25) is 0 Å². The molecule has 1 aromatic rings. The van der Waals surface area contributed by atoms with Gasteiger partial charge in [0.15, 0.2) is 6.61 Å². The molecule has 0 saturated heterocycles. The molecule has 0 atom stereocenters. The summed E-state index contributed by atoms with van der Waals surface area (Å²) in [6, 6.07) is 7.40. The van der Waals surface area contributed by atoms with E-state index in [1.807, 2.05) is 12.1 Å². The van der Waals surface area contributed by atoms with Crippen LogP contribution in [0, 0.1) is 0 Å². The Morgan fingerprint density at radius 1 is 1.17 bits per heavy atom. The Labute approximate surface area is 141 Å². The van der Waals surface area contributed by atoms with Crippen molar-refractivity contribution in [3.8, 4) is 0 Å². The van der Waals surface area contributed by atoms with Gasteiger partial charge in [-0.1, -0.05) is 55.5 Å². The summed E-state index contributed by atoms with van der Waals surface area (Å²) in [5, 5.41) is 3.49. The molecule has 1 aliphatic carbocycles. The molecule has 0 radical (unpaired) electrons. The van der Waals surface area contributed by atoms with Gasteiger partial charge >= 0.3 is 5.97 Å². The van der Waals surface area contributed by atoms with Crippen LogP contribution in [0.2, 0.25) is 5.02 Å². The van der Waals surface area contributed by atoms with Crippen LogP contribution in [-0.2, 0) is 14.3 Å². The number of hydrogen-bond donors (Lipinski definition) is 1. The van der Waals surface area contributed by atoms with E-state index in [9.17, 15) is 9.59 Å². The van der Waals surface area contributed by atoms with Gasteiger partial charge < -0.3 is 10.1 Å². The summed E-state index contributed by atoms with van der Waals surface area (Å²) in [5.74, 6) is -0.794. The van der Waals surface area contributed by atoms with Crippen LogP contribution in [0.4, 0.5) is 0 Å². The van der Waals surface area contributed by atoms with Gasteiger partial charge in [0.25, 0.3) is 5.91 Å². The molecule has 1 N–H and O–H groups in total. The lowest BCUT2D eigenvalue weighted by Crippen LogP contribution is -2.37. The second kappa shape index (κ2) is 9.36. The molecule has 1 amide bonds. The molecular weight excluding hydrogens is 314 g/mol. The van der Waals surface area contributed by atoms with E-state index in [1.165, 1.54) is 18.9 Å². The number of benzene rings is 1. The molecule has 0 aromatic heterocycles. The van der Waals surface area contributed by atoms with Crippen LogP contribution in [0.3, 0.4) is 0 Å². The highest BCUT2D eigenvalue weighted by Crippen LogP contribution is 2.17. The van der Waals surface area contributed by atoms with Gasteiger partial charge in [-0.2, -0.15) is 0 Å². The van der Waals surface area contributed by atoms with Crippen LogP contribution >= 0.6 is 11.6 Å². The molecule has 0 unspecified atom stereocenters. The Morgan fingerprint density at radius 3 is 2.57 bits per heavy atom. The summed E-state index contributed by atoms with van der Waals surface area (Å²) in [5.41, 5.74) is 0.731. The third kappa shape index (κ3) is 6.45. The zero-order valence-electron chi connectivity index (χ0n) is 13.1. The average molecular weight is 336 g/mol. The normalized spacial score (nSPS) is 16.0. The van der Waals surface area contributed by atoms with Gasteiger partial charge in [0.1, 0.15) is 0 Å². The van der Waals surface area contributed by atoms with Crippen molar-refractivity contribution in [1.82, 2.24) is 5.32 Å². The quantitative estimate of drug-likeness (QED) is 0.506. The highest BCUT2D eigenvalue weighted by Gasteiger charge is 2.15. The Balaban J connectivity index is 1.73. The van der Waals surface area contributed by atoms with E-state index in [1.54, 1.807) is 18.2 Å². The Kier molecular flexibility index (Phi) is 7.14. The largest absolute Gasteiger partial charge is 0.452 e. The summed E-state index contributed by atoms with van der Waals surface area (Å²) < 4.78 is 4.96. The van der Waals surface area contributed by atoms with Gasteiger partial charge in [-0.05, 0) is 30.5 Å². The van der Waals surface area contributed by atoms with Gasteiger partial charge in [-0.3, -0.25) is 4.79 Å². The summed E-state index contributed by atoms with van der Waals surface area (Å²) in [7, 11) is 0. The number of halogens is 1. The Hall–Kier alpha value is -1.81. The molecule has 5 heteroatoms. The molecule has 0 bridgehead atoms. The van der Waals surface area contributed by atoms with Crippen molar-refractivity contribution in [2.45, 2.75) is 44.6 Å². The maximum absolute atomic E-state index is 11.8. The molecule has 4 nitrogen and oxygen atoms in total. The van der Waals surface area contributed by atoms with Crippen LogP contribution in [-0.4, -0.2) is 24.5 Å². The number of hydrogen-bond acceptors (Lipinski definition) is 3. The van der Waals surface area contributed by atoms with Gasteiger partial charge in [0.05, 0.1) is 0 Å². The zero-order valence-corrected chi connectivity index (χ0v) is 13.8. The van der Waals surface area contributed by atoms with Crippen molar-refractivity contribution in [2.24, 2.45) is 0 Å². The molecular formula is C18H22ClNO3. The van der Waals surface area contributed by atoms with E-state index in [2.05, 4.69) is 5.32 Å². The second-order valence-corrected chi connectivity index (χ2v) is 6.13. The number of ether oxygens (including phenoxy) is 1. The van der Waals surface area contributed by atoms with Crippen molar-refractivity contribution >= 4 is 29.6 Å². The van der Waals surface area contributed by atoms with Crippen molar-refractivity contribution in [1.29, 1.82) is 0 Å². The molecule has 1 aliphatic rings. The van der Waals surface area contributed by atoms with Crippen LogP contribution in [0.5, 0.6) is 0 Å². The first kappa shape index (κ1) is 17.5. The van der Waals surface area contributed by atoms with Gasteiger partial charge in [-0.25, -0.2) is 4.79 Å². The fraction of sp³-hybridized carbons (Fsp3) is 0.444. The van der Waals surface area contributed by atoms with E-state index >= 15 is 0 Å². The molecule has 0 spiro atoms. The molecule has 1 aromatic carbocycles. The monoisotopic (exact) mass is 335 g/mol. The molecule has 23 heavy (non-hydrogen) atoms. The lowest BCUT2D eigenvalue weighted by molar-refractivity contribution is -0.144. The molecule has 0 aliphatic heterocycles. The predicted octanol–water partition coefficient (Wildman–Crippen LogP) is 3.74. The molecule has 1 saturated carbocycles. The number of carbonyl (C=O) groups is 2. The summed E-state index contributed by atoms with van der Waals surface area (Å²) in [6.45, 7) is -0.248. The van der Waals surface area contributed by atoms with Crippen molar-refractivity contribution in [3.63, 3.8) is 0 Å². The molecule has 1 fully saturated rings. The van der Waals surface area contributed by atoms with E-state index in [0.29, 0.717) is 5.02 Å². The highest BCUT2D eigenvalue weighted by atomic mass is 35.5. The number of esters is 1. The van der Waals surface area contributed by atoms with Crippen molar-refractivity contribution < 1.29 is 14.3 Å². The SMILES string of the molecule is O=C(COC(=O)/C=C/c1ccccc1Cl)NC1CCCCCC1. The predicted molar refractivity (Wildman–Crippen MR) is 91.1 cm³/mol. The van der Waals surface area contributed by atoms with E-state index in [-0.39, 0.29) is 18.6 Å². The number of nitrogens with one attached hydrogen (secondary N) is 1. The molecule has 0 heterocycles. The first-order valence-electron chi connectivity index (χ1n) is 8.04. The topological polar surface area (TPSA) is 55.4 Å². The summed E-state index contributed by atoms with van der Waals surface area (Å²) in [4.78, 5) is 23.5. The maximum atomic E-state index is 11.8. The van der Waals surface area contributed by atoms with E-state index in [4.69, 9.17) is 16.3 Å². The number of rotatable bonds is 5. The second-order valence-electron chi connectivity index (χ2n) is 5.72. The van der Waals surface area contributed by atoms with Crippen molar-refractivity contribution in [3.05, 3.63) is 40.9 Å². The van der Waals surface area contributed by atoms with Crippen LogP contribution < -0.4 is 5.32 Å². The minimum Gasteiger partial charge on any atom is -0.452 e. The minimum absolute atomic E-state index is 0.211. The van der Waals surface area contributed by atoms with E-state index in [0.717, 1.165) is 31.2 Å². The van der Waals surface area contributed by atoms with E-state index < -0.39 is 5.97 Å². The fourth-order valence-electron chi connectivity index (χ4n) is 2.65. The first-order chi connectivity index (χ1) is 11.1. The summed E-state index contributed by atoms with van der Waals surface area (Å²) >= 11 is 5.99. The molecule has 2 rings (SSSR count). The highest BCUT2D eigenvalue weighted by molar-refractivity contribution is 6.32. The smallest absolute Gasteiger partial charge is 0.331 e. The zero-order chi connectivity index (χ0) is 16.5. The van der Waals surface area contributed by atoms with Gasteiger partial charge in [0, 0.05) is 17.1 Å². The van der Waals surface area contributed by atoms with Crippen molar-refractivity contribution in [2.75, 3.05) is 6.61 Å². The maximum Gasteiger partial charge on any atom is 0.331 e. The lowest BCUT2D eigenvalue weighted by Gasteiger charge is -2.15. The fourth-order valence-corrected chi connectivity index (χ4v) is 2.84. The van der Waals surface area contributed by atoms with Crippen LogP contribution in [0.15, 0.2) is 30.3 Å². The third-order valence-electron chi connectivity index (χ3n) is 3.87. The lowest BCUT2D eigenvalue weighted by atomic mass is 10.1. The Morgan fingerprint density at radius 2 is 1.87 bits per heavy atom. The number of carbonyl (C=O) groups excluding carboxylic acids is 2. The minimum atomic E-state index is -0.555. The average Bonchev–Trinajstić information content (AvgIpc) is 2.81. The number of amides is 1. The summed E-state index contributed by atoms with van der Waals surface area (Å²) in [6.07, 6.45) is 9.62. The standard InChI is InChI=1S/C18H22ClNO3/c19-16-10-6-5-7-14(16)11-12-18(22)23-13-17(21)20-15-8-3-1-2-4-9-15/h5-7,10-12,15H,1-4,8-9,13H2,(H,20,21)/b12-11+. The van der Waals surface area contributed by atoms with Crippen LogP contribution in [0.25, 0.3) is 6.08 Å². The van der Waals surface area contributed by atoms with Crippen LogP contribution in [0.1, 0.15) is 44.1 Å². The first-order valence-corrected chi connectivity index (χ1v) is 8.41. The molecule has 124 valence electrons. The Bertz CT molecular complexity index is 563. The third-order valence-corrected chi connectivity index (χ3v) is 4.21. The van der Waals surface area contributed by atoms with Gasteiger partial charge in [-0.15, -0.1) is 0 Å².